The molecule has 2 atom stereocenters. The van der Waals surface area contributed by atoms with Crippen molar-refractivity contribution < 1.29 is 4.74 Å². The molecule has 5 nitrogen and oxygen atoms in total. The number of thiazole rings is 1. The van der Waals surface area contributed by atoms with Crippen LogP contribution in [0, 0.1) is 12.8 Å². The third-order valence-electron chi connectivity index (χ3n) is 4.16. The number of rotatable bonds is 7. The molecule has 1 aliphatic heterocycles. The van der Waals surface area contributed by atoms with Crippen LogP contribution in [0.5, 0.6) is 0 Å². The lowest BCUT2D eigenvalue weighted by Crippen LogP contribution is -2.34. The number of methoxy groups -OCH3 is 1. The lowest BCUT2D eigenvalue weighted by Gasteiger charge is -2.22. The zero-order valence-corrected chi connectivity index (χ0v) is 14.7. The SMILES string of the molecule is COCCNCc1sc(N2CC(C)C(N(C)C)C2)nc1C. The predicted molar refractivity (Wildman–Crippen MR) is 89.3 cm³/mol. The fraction of sp³-hybridized carbons (Fsp3) is 0.800. The highest BCUT2D eigenvalue weighted by Crippen LogP contribution is 2.31. The van der Waals surface area contributed by atoms with E-state index in [0.717, 1.165) is 38.5 Å². The summed E-state index contributed by atoms with van der Waals surface area (Å²) in [7, 11) is 6.07. The van der Waals surface area contributed by atoms with Crippen molar-refractivity contribution in [1.82, 2.24) is 15.2 Å². The van der Waals surface area contributed by atoms with Gasteiger partial charge in [-0.25, -0.2) is 4.98 Å². The van der Waals surface area contributed by atoms with Gasteiger partial charge in [-0.3, -0.25) is 0 Å². The van der Waals surface area contributed by atoms with Crippen LogP contribution in [0.25, 0.3) is 0 Å². The van der Waals surface area contributed by atoms with E-state index in [1.54, 1.807) is 7.11 Å². The van der Waals surface area contributed by atoms with Gasteiger partial charge in [0, 0.05) is 44.2 Å². The summed E-state index contributed by atoms with van der Waals surface area (Å²) < 4.78 is 5.05. The van der Waals surface area contributed by atoms with Gasteiger partial charge in [-0.1, -0.05) is 6.92 Å². The Kier molecular flexibility index (Phi) is 5.98. The Balaban J connectivity index is 1.95. The van der Waals surface area contributed by atoms with Crippen molar-refractivity contribution >= 4 is 16.5 Å². The minimum absolute atomic E-state index is 0.623. The standard InChI is InChI=1S/C15H28N4OS/c1-11-9-19(10-13(11)18(3)4)15-17-12(2)14(21-15)8-16-6-7-20-5/h11,13,16H,6-10H2,1-5H3. The number of aryl methyl sites for hydroxylation is 1. The van der Waals surface area contributed by atoms with Crippen LogP contribution in [-0.4, -0.2) is 63.4 Å². The molecule has 0 bridgehead atoms. The molecule has 0 radical (unpaired) electrons. The van der Waals surface area contributed by atoms with Gasteiger partial charge >= 0.3 is 0 Å². The number of aromatic nitrogens is 1. The van der Waals surface area contributed by atoms with E-state index in [2.05, 4.69) is 43.1 Å². The summed E-state index contributed by atoms with van der Waals surface area (Å²) in [5.41, 5.74) is 1.15. The Morgan fingerprint density at radius 1 is 1.43 bits per heavy atom. The van der Waals surface area contributed by atoms with Crippen molar-refractivity contribution in [1.29, 1.82) is 0 Å². The van der Waals surface area contributed by atoms with E-state index in [9.17, 15) is 0 Å². The van der Waals surface area contributed by atoms with Crippen molar-refractivity contribution in [3.63, 3.8) is 0 Å². The Hall–Kier alpha value is -0.690. The number of ether oxygens (including phenoxy) is 1. The molecule has 0 spiro atoms. The lowest BCUT2D eigenvalue weighted by molar-refractivity contribution is 0.199. The highest BCUT2D eigenvalue weighted by Gasteiger charge is 2.32. The summed E-state index contributed by atoms with van der Waals surface area (Å²) in [4.78, 5) is 10.9. The van der Waals surface area contributed by atoms with E-state index in [1.807, 2.05) is 11.3 Å². The molecule has 2 unspecified atom stereocenters. The minimum atomic E-state index is 0.623. The van der Waals surface area contributed by atoms with Gasteiger partial charge in [0.05, 0.1) is 12.3 Å². The average molecular weight is 312 g/mol. The second kappa shape index (κ2) is 7.54. The monoisotopic (exact) mass is 312 g/mol. The minimum Gasteiger partial charge on any atom is -0.383 e. The number of likely N-dealkylation sites (N-methyl/N-ethyl adjacent to an activating group) is 1. The number of hydrogen-bond acceptors (Lipinski definition) is 6. The largest absolute Gasteiger partial charge is 0.383 e. The third-order valence-corrected chi connectivity index (χ3v) is 5.37. The molecule has 1 aromatic rings. The third kappa shape index (κ3) is 4.16. The molecule has 0 aromatic carbocycles. The van der Waals surface area contributed by atoms with Gasteiger partial charge < -0.3 is 19.9 Å². The molecule has 1 aliphatic rings. The molecule has 1 N–H and O–H groups in total. The lowest BCUT2D eigenvalue weighted by atomic mass is 10.1. The van der Waals surface area contributed by atoms with Crippen LogP contribution in [0.15, 0.2) is 0 Å². The Morgan fingerprint density at radius 2 is 2.19 bits per heavy atom. The van der Waals surface area contributed by atoms with E-state index in [-0.39, 0.29) is 0 Å². The number of anilines is 1. The maximum absolute atomic E-state index is 5.05. The van der Waals surface area contributed by atoms with Crippen molar-refractivity contribution in [3.8, 4) is 0 Å². The first kappa shape index (κ1) is 16.7. The maximum atomic E-state index is 5.05. The van der Waals surface area contributed by atoms with E-state index < -0.39 is 0 Å². The van der Waals surface area contributed by atoms with E-state index in [4.69, 9.17) is 9.72 Å². The smallest absolute Gasteiger partial charge is 0.185 e. The topological polar surface area (TPSA) is 40.6 Å². The number of nitrogens with one attached hydrogen (secondary N) is 1. The highest BCUT2D eigenvalue weighted by molar-refractivity contribution is 7.15. The molecular weight excluding hydrogens is 284 g/mol. The van der Waals surface area contributed by atoms with Gasteiger partial charge in [0.1, 0.15) is 0 Å². The first-order valence-electron chi connectivity index (χ1n) is 7.60. The van der Waals surface area contributed by atoms with Crippen LogP contribution in [0.1, 0.15) is 17.5 Å². The molecule has 1 saturated heterocycles. The summed E-state index contributed by atoms with van der Waals surface area (Å²) in [5, 5.41) is 4.58. The van der Waals surface area contributed by atoms with Gasteiger partial charge in [-0.15, -0.1) is 11.3 Å². The summed E-state index contributed by atoms with van der Waals surface area (Å²) in [6, 6.07) is 0.623. The van der Waals surface area contributed by atoms with Gasteiger partial charge in [-0.05, 0) is 26.9 Å². The molecule has 1 aromatic heterocycles. The molecule has 0 aliphatic carbocycles. The molecule has 2 heterocycles. The molecule has 2 rings (SSSR count). The van der Waals surface area contributed by atoms with Crippen LogP contribution in [0.2, 0.25) is 0 Å². The van der Waals surface area contributed by atoms with Gasteiger partial charge in [0.25, 0.3) is 0 Å². The Morgan fingerprint density at radius 3 is 2.81 bits per heavy atom. The summed E-state index contributed by atoms with van der Waals surface area (Å²) in [6.07, 6.45) is 0. The fourth-order valence-corrected chi connectivity index (χ4v) is 3.91. The highest BCUT2D eigenvalue weighted by atomic mass is 32.1. The summed E-state index contributed by atoms with van der Waals surface area (Å²) in [5.74, 6) is 0.687. The van der Waals surface area contributed by atoms with Gasteiger partial charge in [-0.2, -0.15) is 0 Å². The van der Waals surface area contributed by atoms with Crippen molar-refractivity contribution in [2.24, 2.45) is 5.92 Å². The van der Waals surface area contributed by atoms with Crippen molar-refractivity contribution in [3.05, 3.63) is 10.6 Å². The van der Waals surface area contributed by atoms with E-state index in [1.165, 1.54) is 10.0 Å². The second-order valence-electron chi connectivity index (χ2n) is 6.09. The van der Waals surface area contributed by atoms with Crippen LogP contribution in [-0.2, 0) is 11.3 Å². The molecule has 6 heteroatoms. The first-order valence-corrected chi connectivity index (χ1v) is 8.42. The first-order chi connectivity index (χ1) is 10.0. The molecule has 0 saturated carbocycles. The molecular formula is C15H28N4OS. The van der Waals surface area contributed by atoms with Gasteiger partial charge in [0.2, 0.25) is 0 Å². The second-order valence-corrected chi connectivity index (χ2v) is 7.15. The Bertz CT molecular complexity index is 449. The quantitative estimate of drug-likeness (QED) is 0.774. The average Bonchev–Trinajstić information content (AvgIpc) is 2.98. The summed E-state index contributed by atoms with van der Waals surface area (Å²) >= 11 is 1.82. The zero-order valence-electron chi connectivity index (χ0n) is 13.8. The molecule has 0 amide bonds. The molecule has 1 fully saturated rings. The fourth-order valence-electron chi connectivity index (χ4n) is 2.87. The zero-order chi connectivity index (χ0) is 15.4. The maximum Gasteiger partial charge on any atom is 0.185 e. The normalized spacial score (nSPS) is 22.5. The number of hydrogen-bond donors (Lipinski definition) is 1. The van der Waals surface area contributed by atoms with Crippen LogP contribution in [0.4, 0.5) is 5.13 Å². The van der Waals surface area contributed by atoms with Crippen LogP contribution < -0.4 is 10.2 Å². The summed E-state index contributed by atoms with van der Waals surface area (Å²) in [6.45, 7) is 9.14. The van der Waals surface area contributed by atoms with Crippen molar-refractivity contribution in [2.45, 2.75) is 26.4 Å². The van der Waals surface area contributed by atoms with E-state index >= 15 is 0 Å². The van der Waals surface area contributed by atoms with Crippen molar-refractivity contribution in [2.75, 3.05) is 52.3 Å². The van der Waals surface area contributed by atoms with E-state index in [0.29, 0.717) is 12.0 Å². The van der Waals surface area contributed by atoms with Crippen LogP contribution >= 0.6 is 11.3 Å². The molecule has 21 heavy (non-hydrogen) atoms. The van der Waals surface area contributed by atoms with Crippen LogP contribution in [0.3, 0.4) is 0 Å². The number of nitrogens with zero attached hydrogens (tertiary/aromatic N) is 3. The Labute approximate surface area is 132 Å². The predicted octanol–water partition coefficient (Wildman–Crippen LogP) is 1.57. The molecule has 120 valence electrons. The van der Waals surface area contributed by atoms with Gasteiger partial charge in [0.15, 0.2) is 5.13 Å².